The molecule has 1 amide bonds. The van der Waals surface area contributed by atoms with Gasteiger partial charge in [-0.2, -0.15) is 5.10 Å². The Balaban J connectivity index is 2.04. The molecule has 0 unspecified atom stereocenters. The van der Waals surface area contributed by atoms with E-state index in [-0.39, 0.29) is 11.9 Å². The molecule has 0 bridgehead atoms. The summed E-state index contributed by atoms with van der Waals surface area (Å²) in [5, 5.41) is 7.70. The van der Waals surface area contributed by atoms with Gasteiger partial charge in [-0.1, -0.05) is 42.5 Å². The number of methoxy groups -OCH3 is 1. The topological polar surface area (TPSA) is 68.5 Å². The van der Waals surface area contributed by atoms with E-state index in [0.717, 1.165) is 28.1 Å². The van der Waals surface area contributed by atoms with Gasteiger partial charge in [0.05, 0.1) is 18.5 Å². The van der Waals surface area contributed by atoms with E-state index < -0.39 is 0 Å². The lowest BCUT2D eigenvalue weighted by Crippen LogP contribution is -2.31. The Hall–Kier alpha value is -3.67. The van der Waals surface area contributed by atoms with Crippen LogP contribution in [0.5, 0.6) is 5.75 Å². The molecule has 1 N–H and O–H groups in total. The van der Waals surface area contributed by atoms with E-state index in [1.807, 2.05) is 75.4 Å². The highest BCUT2D eigenvalue weighted by Gasteiger charge is 2.21. The largest absolute Gasteiger partial charge is 0.496 e. The zero-order valence-corrected chi connectivity index (χ0v) is 17.5. The first-order valence-corrected chi connectivity index (χ1v) is 9.89. The zero-order valence-electron chi connectivity index (χ0n) is 17.5. The van der Waals surface area contributed by atoms with Crippen molar-refractivity contribution in [2.75, 3.05) is 7.11 Å². The number of aromatic nitrogens is 3. The lowest BCUT2D eigenvalue weighted by atomic mass is 10.1. The number of amides is 1. The normalized spacial score (nSPS) is 11.1. The van der Waals surface area contributed by atoms with Crippen LogP contribution in [0.4, 0.5) is 0 Å². The maximum absolute atomic E-state index is 12.9. The number of hydrogen-bond acceptors (Lipinski definition) is 4. The highest BCUT2D eigenvalue weighted by molar-refractivity contribution is 5.95. The standard InChI is InChI=1S/C24H24N4O2/c1-15(2)25-24(29)19-14-20(18-12-8-9-13-21(18)30-4)28-23(26-19)22(16(3)27-28)17-10-6-5-7-11-17/h5-15H,1-4H3,(H,25,29). The quantitative estimate of drug-likeness (QED) is 0.535. The Morgan fingerprint density at radius 1 is 1.07 bits per heavy atom. The molecule has 0 aliphatic heterocycles. The predicted molar refractivity (Wildman–Crippen MR) is 118 cm³/mol. The molecule has 0 radical (unpaired) electrons. The van der Waals surface area contributed by atoms with Crippen molar-refractivity contribution >= 4 is 11.6 Å². The van der Waals surface area contributed by atoms with Crippen LogP contribution in [0.15, 0.2) is 60.7 Å². The highest BCUT2D eigenvalue weighted by Crippen LogP contribution is 2.34. The van der Waals surface area contributed by atoms with Crippen LogP contribution in [0.1, 0.15) is 30.0 Å². The number of nitrogens with one attached hydrogen (secondary N) is 1. The number of carbonyl (C=O) groups is 1. The minimum atomic E-state index is -0.221. The SMILES string of the molecule is COc1ccccc1-c1cc(C(=O)NC(C)C)nc2c(-c3ccccc3)c(C)nn12. The summed E-state index contributed by atoms with van der Waals surface area (Å²) < 4.78 is 7.37. The molecule has 4 rings (SSSR count). The summed E-state index contributed by atoms with van der Waals surface area (Å²) >= 11 is 0. The molecule has 30 heavy (non-hydrogen) atoms. The maximum Gasteiger partial charge on any atom is 0.270 e. The number of rotatable bonds is 5. The molecule has 0 spiro atoms. The molecule has 2 heterocycles. The molecule has 0 fully saturated rings. The van der Waals surface area contributed by atoms with Crippen molar-refractivity contribution in [1.82, 2.24) is 19.9 Å². The number of para-hydroxylation sites is 1. The van der Waals surface area contributed by atoms with Crippen LogP contribution in [-0.4, -0.2) is 33.7 Å². The predicted octanol–water partition coefficient (Wildman–Crippen LogP) is 4.52. The van der Waals surface area contributed by atoms with Gasteiger partial charge >= 0.3 is 0 Å². The Morgan fingerprint density at radius 3 is 2.47 bits per heavy atom. The van der Waals surface area contributed by atoms with Gasteiger partial charge in [-0.05, 0) is 44.5 Å². The van der Waals surface area contributed by atoms with E-state index in [4.69, 9.17) is 14.8 Å². The Kier molecular flexibility index (Phi) is 5.23. The molecular formula is C24H24N4O2. The molecule has 2 aromatic heterocycles. The number of carbonyl (C=O) groups excluding carboxylic acids is 1. The second-order valence-electron chi connectivity index (χ2n) is 7.42. The first-order chi connectivity index (χ1) is 14.5. The van der Waals surface area contributed by atoms with Gasteiger partial charge in [-0.25, -0.2) is 9.50 Å². The third kappa shape index (κ3) is 3.52. The number of fused-ring (bicyclic) bond motifs is 1. The molecule has 152 valence electrons. The summed E-state index contributed by atoms with van der Waals surface area (Å²) in [4.78, 5) is 17.6. The zero-order chi connectivity index (χ0) is 21.3. The van der Waals surface area contributed by atoms with Crippen LogP contribution in [-0.2, 0) is 0 Å². The molecule has 0 atom stereocenters. The van der Waals surface area contributed by atoms with Crippen LogP contribution < -0.4 is 10.1 Å². The molecule has 2 aromatic carbocycles. The monoisotopic (exact) mass is 400 g/mol. The second kappa shape index (κ2) is 7.99. The molecule has 0 aliphatic carbocycles. The summed E-state index contributed by atoms with van der Waals surface area (Å²) in [7, 11) is 1.63. The molecule has 0 aliphatic rings. The Labute approximate surface area is 175 Å². The van der Waals surface area contributed by atoms with E-state index >= 15 is 0 Å². The number of aryl methyl sites for hydroxylation is 1. The summed E-state index contributed by atoms with van der Waals surface area (Å²) in [5.41, 5.74) is 5.32. The summed E-state index contributed by atoms with van der Waals surface area (Å²) in [6.07, 6.45) is 0. The maximum atomic E-state index is 12.9. The van der Waals surface area contributed by atoms with Crippen molar-refractivity contribution in [3.63, 3.8) is 0 Å². The van der Waals surface area contributed by atoms with Crippen molar-refractivity contribution in [2.45, 2.75) is 26.8 Å². The van der Waals surface area contributed by atoms with E-state index in [2.05, 4.69) is 5.32 Å². The first kappa shape index (κ1) is 19.6. The molecular weight excluding hydrogens is 376 g/mol. The third-order valence-electron chi connectivity index (χ3n) is 4.86. The van der Waals surface area contributed by atoms with Crippen molar-refractivity contribution in [3.05, 3.63) is 72.1 Å². The summed E-state index contributed by atoms with van der Waals surface area (Å²) in [6, 6.07) is 19.5. The van der Waals surface area contributed by atoms with Gasteiger partial charge in [-0.15, -0.1) is 0 Å². The fraction of sp³-hybridized carbons (Fsp3) is 0.208. The highest BCUT2D eigenvalue weighted by atomic mass is 16.5. The Bertz CT molecular complexity index is 1210. The molecule has 0 saturated heterocycles. The lowest BCUT2D eigenvalue weighted by molar-refractivity contribution is 0.0938. The van der Waals surface area contributed by atoms with E-state index in [9.17, 15) is 4.79 Å². The van der Waals surface area contributed by atoms with Crippen LogP contribution in [0, 0.1) is 6.92 Å². The number of benzene rings is 2. The molecule has 0 saturated carbocycles. The van der Waals surface area contributed by atoms with Crippen molar-refractivity contribution in [1.29, 1.82) is 0 Å². The van der Waals surface area contributed by atoms with Crippen LogP contribution in [0.3, 0.4) is 0 Å². The van der Waals surface area contributed by atoms with E-state index in [1.54, 1.807) is 17.7 Å². The van der Waals surface area contributed by atoms with E-state index in [0.29, 0.717) is 17.1 Å². The summed E-state index contributed by atoms with van der Waals surface area (Å²) in [6.45, 7) is 5.81. The molecule has 4 aromatic rings. The molecule has 6 heteroatoms. The van der Waals surface area contributed by atoms with E-state index in [1.165, 1.54) is 0 Å². The second-order valence-corrected chi connectivity index (χ2v) is 7.42. The number of ether oxygens (including phenoxy) is 1. The fourth-order valence-corrected chi connectivity index (χ4v) is 3.57. The van der Waals surface area contributed by atoms with Gasteiger partial charge in [0.25, 0.3) is 5.91 Å². The first-order valence-electron chi connectivity index (χ1n) is 9.89. The van der Waals surface area contributed by atoms with Crippen LogP contribution in [0.25, 0.3) is 28.0 Å². The van der Waals surface area contributed by atoms with Gasteiger partial charge in [0, 0.05) is 17.2 Å². The van der Waals surface area contributed by atoms with Crippen LogP contribution >= 0.6 is 0 Å². The summed E-state index contributed by atoms with van der Waals surface area (Å²) in [5.74, 6) is 0.483. The minimum Gasteiger partial charge on any atom is -0.496 e. The van der Waals surface area contributed by atoms with Crippen LogP contribution in [0.2, 0.25) is 0 Å². The smallest absolute Gasteiger partial charge is 0.270 e. The van der Waals surface area contributed by atoms with Gasteiger partial charge in [0.2, 0.25) is 0 Å². The minimum absolute atomic E-state index is 0.00507. The van der Waals surface area contributed by atoms with Crippen molar-refractivity contribution in [3.8, 4) is 28.1 Å². The average Bonchev–Trinajstić information content (AvgIpc) is 3.08. The fourth-order valence-electron chi connectivity index (χ4n) is 3.57. The van der Waals surface area contributed by atoms with Crippen molar-refractivity contribution in [2.24, 2.45) is 0 Å². The average molecular weight is 400 g/mol. The molecule has 6 nitrogen and oxygen atoms in total. The lowest BCUT2D eigenvalue weighted by Gasteiger charge is -2.13. The van der Waals surface area contributed by atoms with Gasteiger partial charge in [0.1, 0.15) is 11.4 Å². The third-order valence-corrected chi connectivity index (χ3v) is 4.86. The van der Waals surface area contributed by atoms with Gasteiger partial charge in [0.15, 0.2) is 5.65 Å². The van der Waals surface area contributed by atoms with Crippen molar-refractivity contribution < 1.29 is 9.53 Å². The van der Waals surface area contributed by atoms with Gasteiger partial charge in [-0.3, -0.25) is 4.79 Å². The van der Waals surface area contributed by atoms with Gasteiger partial charge < -0.3 is 10.1 Å². The Morgan fingerprint density at radius 2 is 1.77 bits per heavy atom. The number of hydrogen-bond donors (Lipinski definition) is 1. The number of nitrogens with zero attached hydrogens (tertiary/aromatic N) is 3.